The van der Waals surface area contributed by atoms with Crippen LogP contribution >= 0.6 is 0 Å². The number of hydrogen-bond donors (Lipinski definition) is 1. The van der Waals surface area contributed by atoms with Crippen molar-refractivity contribution < 1.29 is 23.1 Å². The molecule has 3 heterocycles. The molecule has 1 saturated carbocycles. The van der Waals surface area contributed by atoms with Crippen molar-refractivity contribution in [1.29, 1.82) is 0 Å². The molecule has 11 heteroatoms. The van der Waals surface area contributed by atoms with Crippen molar-refractivity contribution in [1.82, 2.24) is 25.0 Å². The average Bonchev–Trinajstić information content (AvgIpc) is 3.34. The first kappa shape index (κ1) is 23.2. The van der Waals surface area contributed by atoms with Crippen LogP contribution in [0.2, 0.25) is 0 Å². The molecule has 1 aliphatic heterocycles. The topological polar surface area (TPSA) is 98.8 Å². The fraction of sp³-hybridized carbons (Fsp3) is 0.417. The number of benzene rings is 1. The Balaban J connectivity index is 1.31. The number of rotatable bonds is 6. The quantitative estimate of drug-likeness (QED) is 0.563. The number of anilines is 1. The minimum atomic E-state index is -2.84. The predicted octanol–water partition coefficient (Wildman–Crippen LogP) is 4.07. The van der Waals surface area contributed by atoms with Crippen molar-refractivity contribution in [3.63, 3.8) is 0 Å². The zero-order chi connectivity index (χ0) is 24.4. The Morgan fingerprint density at radius 2 is 1.83 bits per heavy atom. The third kappa shape index (κ3) is 5.09. The number of pyridine rings is 1. The molecule has 0 bridgehead atoms. The van der Waals surface area contributed by atoms with Crippen molar-refractivity contribution in [2.45, 2.75) is 38.3 Å². The number of nitrogens with zero attached hydrogens (tertiary/aromatic N) is 6. The van der Waals surface area contributed by atoms with Gasteiger partial charge in [0.05, 0.1) is 17.8 Å². The summed E-state index contributed by atoms with van der Waals surface area (Å²) in [6.07, 6.45) is 2.37. The number of alkyl halides is 2. The number of hydrogen-bond acceptors (Lipinski definition) is 7. The van der Waals surface area contributed by atoms with Crippen LogP contribution in [0.15, 0.2) is 47.0 Å². The molecule has 2 fully saturated rings. The fourth-order valence-corrected chi connectivity index (χ4v) is 4.35. The summed E-state index contributed by atoms with van der Waals surface area (Å²) in [5.74, 6) is -0.679. The Labute approximate surface area is 201 Å². The van der Waals surface area contributed by atoms with E-state index in [0.29, 0.717) is 36.1 Å². The Morgan fingerprint density at radius 1 is 1.09 bits per heavy atom. The van der Waals surface area contributed by atoms with Crippen molar-refractivity contribution in [3.8, 4) is 17.2 Å². The van der Waals surface area contributed by atoms with Crippen LogP contribution in [-0.4, -0.2) is 68.3 Å². The number of carbonyl (C=O) groups excluding carboxylic acids is 1. The van der Waals surface area contributed by atoms with Gasteiger partial charge in [-0.3, -0.25) is 14.8 Å². The Hall–Kier alpha value is -3.60. The lowest BCUT2D eigenvalue weighted by Crippen LogP contribution is -2.56. The molecular formula is C24H26F2N6O3. The molecule has 184 valence electrons. The first-order valence-corrected chi connectivity index (χ1v) is 11.6. The standard InChI is InChI=1S/C24H26F2N6O3/c25-21(26)23-29-28-22(35-23)16-4-5-17(27-14-16)15-32(19-6-8-20(33)9-7-19)24(34)31-12-10-30(11-13-31)18-2-1-3-18/h4-9,14,18,21,33H,1-3,10-13,15H2. The summed E-state index contributed by atoms with van der Waals surface area (Å²) in [4.78, 5) is 23.9. The number of aromatic hydroxyl groups is 1. The number of urea groups is 1. The normalized spacial score (nSPS) is 16.9. The number of piperazine rings is 1. The van der Waals surface area contributed by atoms with E-state index in [1.165, 1.54) is 37.6 Å². The van der Waals surface area contributed by atoms with Gasteiger partial charge in [-0.15, -0.1) is 10.2 Å². The summed E-state index contributed by atoms with van der Waals surface area (Å²) < 4.78 is 30.4. The molecule has 3 aromatic rings. The van der Waals surface area contributed by atoms with Gasteiger partial charge >= 0.3 is 12.5 Å². The van der Waals surface area contributed by atoms with Gasteiger partial charge in [0.1, 0.15) is 5.75 Å². The minimum Gasteiger partial charge on any atom is -0.508 e. The van der Waals surface area contributed by atoms with Gasteiger partial charge in [0.2, 0.25) is 5.89 Å². The zero-order valence-corrected chi connectivity index (χ0v) is 19.1. The molecule has 0 radical (unpaired) electrons. The SMILES string of the molecule is O=C(N1CCN(C2CCC2)CC1)N(Cc1ccc(-c2nnc(C(F)F)o2)cn1)c1ccc(O)cc1. The van der Waals surface area contributed by atoms with Gasteiger partial charge < -0.3 is 14.4 Å². The highest BCUT2D eigenvalue weighted by Gasteiger charge is 2.31. The summed E-state index contributed by atoms with van der Waals surface area (Å²) >= 11 is 0. The molecule has 2 aromatic heterocycles. The van der Waals surface area contributed by atoms with Gasteiger partial charge in [0, 0.05) is 44.1 Å². The van der Waals surface area contributed by atoms with Crippen LogP contribution in [0.5, 0.6) is 5.75 Å². The van der Waals surface area contributed by atoms with E-state index < -0.39 is 12.3 Å². The minimum absolute atomic E-state index is 0.0462. The van der Waals surface area contributed by atoms with E-state index in [-0.39, 0.29) is 24.2 Å². The van der Waals surface area contributed by atoms with Gasteiger partial charge in [0.25, 0.3) is 5.89 Å². The Bertz CT molecular complexity index is 1140. The highest BCUT2D eigenvalue weighted by molar-refractivity contribution is 5.92. The number of amides is 2. The van der Waals surface area contributed by atoms with Gasteiger partial charge in [-0.25, -0.2) is 4.79 Å². The maximum Gasteiger partial charge on any atom is 0.324 e. The number of phenolic OH excluding ortho intramolecular Hbond substituents is 1. The van der Waals surface area contributed by atoms with Crippen molar-refractivity contribution in [2.24, 2.45) is 0 Å². The number of carbonyl (C=O) groups is 1. The Morgan fingerprint density at radius 3 is 2.40 bits per heavy atom. The molecule has 1 N–H and O–H groups in total. The molecule has 2 amide bonds. The predicted molar refractivity (Wildman–Crippen MR) is 123 cm³/mol. The second kappa shape index (κ2) is 9.95. The van der Waals surface area contributed by atoms with Crippen LogP contribution in [-0.2, 0) is 6.54 Å². The molecule has 9 nitrogen and oxygen atoms in total. The first-order chi connectivity index (χ1) is 17.0. The molecule has 1 aromatic carbocycles. The van der Waals surface area contributed by atoms with E-state index in [4.69, 9.17) is 4.42 Å². The fourth-order valence-electron chi connectivity index (χ4n) is 4.35. The maximum absolute atomic E-state index is 13.5. The average molecular weight is 485 g/mol. The van der Waals surface area contributed by atoms with Crippen molar-refractivity contribution >= 4 is 11.7 Å². The Kier molecular flexibility index (Phi) is 6.58. The lowest BCUT2D eigenvalue weighted by Gasteiger charge is -2.43. The largest absolute Gasteiger partial charge is 0.508 e. The molecule has 2 aliphatic rings. The van der Waals surface area contributed by atoms with E-state index in [1.54, 1.807) is 29.2 Å². The van der Waals surface area contributed by atoms with Gasteiger partial charge in [-0.1, -0.05) is 6.42 Å². The van der Waals surface area contributed by atoms with E-state index >= 15 is 0 Å². The molecule has 0 unspecified atom stereocenters. The van der Waals surface area contributed by atoms with Crippen LogP contribution in [0.4, 0.5) is 19.3 Å². The molecule has 35 heavy (non-hydrogen) atoms. The highest BCUT2D eigenvalue weighted by Crippen LogP contribution is 2.27. The van der Waals surface area contributed by atoms with E-state index in [2.05, 4.69) is 20.1 Å². The number of halogens is 2. The summed E-state index contributed by atoms with van der Waals surface area (Å²) in [6, 6.07) is 10.3. The third-order valence-electron chi connectivity index (χ3n) is 6.59. The van der Waals surface area contributed by atoms with Crippen molar-refractivity contribution in [2.75, 3.05) is 31.1 Å². The van der Waals surface area contributed by atoms with Gasteiger partial charge in [-0.05, 0) is 49.2 Å². The maximum atomic E-state index is 13.5. The summed E-state index contributed by atoms with van der Waals surface area (Å²) in [5.41, 5.74) is 1.64. The van der Waals surface area contributed by atoms with Gasteiger partial charge in [-0.2, -0.15) is 8.78 Å². The monoisotopic (exact) mass is 484 g/mol. The van der Waals surface area contributed by atoms with Crippen LogP contribution < -0.4 is 4.90 Å². The van der Waals surface area contributed by atoms with Crippen LogP contribution in [0.3, 0.4) is 0 Å². The molecular weight excluding hydrogens is 458 g/mol. The van der Waals surface area contributed by atoms with Crippen LogP contribution in [0, 0.1) is 0 Å². The van der Waals surface area contributed by atoms with Crippen LogP contribution in [0.25, 0.3) is 11.5 Å². The van der Waals surface area contributed by atoms with Gasteiger partial charge in [0.15, 0.2) is 0 Å². The molecule has 5 rings (SSSR count). The second-order valence-corrected chi connectivity index (χ2v) is 8.78. The summed E-state index contributed by atoms with van der Waals surface area (Å²) in [6.45, 7) is 3.22. The molecule has 0 spiro atoms. The summed E-state index contributed by atoms with van der Waals surface area (Å²) in [7, 11) is 0. The highest BCUT2D eigenvalue weighted by atomic mass is 19.3. The third-order valence-corrected chi connectivity index (χ3v) is 6.59. The second-order valence-electron chi connectivity index (χ2n) is 8.78. The first-order valence-electron chi connectivity index (χ1n) is 11.6. The lowest BCUT2D eigenvalue weighted by atomic mass is 9.91. The lowest BCUT2D eigenvalue weighted by molar-refractivity contribution is 0.0743. The summed E-state index contributed by atoms with van der Waals surface area (Å²) in [5, 5.41) is 16.7. The zero-order valence-electron chi connectivity index (χ0n) is 19.1. The van der Waals surface area contributed by atoms with Crippen LogP contribution in [0.1, 0.15) is 37.3 Å². The van der Waals surface area contributed by atoms with E-state index in [1.807, 2.05) is 4.90 Å². The smallest absolute Gasteiger partial charge is 0.324 e. The molecule has 0 atom stereocenters. The molecule has 1 saturated heterocycles. The van der Waals surface area contributed by atoms with Crippen molar-refractivity contribution in [3.05, 3.63) is 54.2 Å². The number of aromatic nitrogens is 3. The molecule has 1 aliphatic carbocycles. The van der Waals surface area contributed by atoms with E-state index in [0.717, 1.165) is 13.1 Å². The van der Waals surface area contributed by atoms with E-state index in [9.17, 15) is 18.7 Å². The number of phenols is 1.